The Hall–Kier alpha value is -2.91. The van der Waals surface area contributed by atoms with E-state index < -0.39 is 11.7 Å². The van der Waals surface area contributed by atoms with Gasteiger partial charge in [-0.15, -0.1) is 0 Å². The van der Waals surface area contributed by atoms with E-state index >= 15 is 0 Å². The molecule has 0 aromatic carbocycles. The second-order valence-corrected chi connectivity index (χ2v) is 6.53. The first-order valence-corrected chi connectivity index (χ1v) is 9.01. The van der Waals surface area contributed by atoms with Crippen molar-refractivity contribution in [3.63, 3.8) is 0 Å². The molecular weight excluding hydrogens is 352 g/mol. The molecule has 3 rings (SSSR count). The van der Waals surface area contributed by atoms with Crippen LogP contribution in [0.1, 0.15) is 40.2 Å². The van der Waals surface area contributed by atoms with Crippen LogP contribution in [-0.4, -0.2) is 43.5 Å². The number of ether oxygens (including phenoxy) is 1. The van der Waals surface area contributed by atoms with E-state index in [0.717, 1.165) is 5.71 Å². The summed E-state index contributed by atoms with van der Waals surface area (Å²) in [4.78, 5) is 42.0. The number of esters is 1. The van der Waals surface area contributed by atoms with Crippen molar-refractivity contribution in [3.8, 4) is 0 Å². The first kappa shape index (κ1) is 18.9. The van der Waals surface area contributed by atoms with E-state index in [-0.39, 0.29) is 30.4 Å². The number of hydrogen-bond acceptors (Lipinski definition) is 7. The zero-order valence-corrected chi connectivity index (χ0v) is 16.2. The number of rotatable bonds is 5. The minimum Gasteiger partial charge on any atom is -0.465 e. The quantitative estimate of drug-likeness (QED) is 0.709. The lowest BCUT2D eigenvalue weighted by Crippen LogP contribution is -2.40. The average Bonchev–Trinajstić information content (AvgIpc) is 3.03. The summed E-state index contributed by atoms with van der Waals surface area (Å²) in [6.07, 6.45) is 0.659. The highest BCUT2D eigenvalue weighted by Crippen LogP contribution is 2.29. The molecule has 0 amide bonds. The third kappa shape index (κ3) is 2.94. The van der Waals surface area contributed by atoms with Gasteiger partial charge in [-0.1, -0.05) is 6.92 Å². The van der Waals surface area contributed by atoms with Crippen molar-refractivity contribution >= 4 is 28.8 Å². The molecule has 3 heterocycles. The molecule has 0 N–H and O–H groups in total. The molecule has 0 aliphatic carbocycles. The topological polar surface area (TPSA) is 104 Å². The Labute approximate surface area is 155 Å². The fraction of sp³-hybridized carbons (Fsp3) is 0.588. The largest absolute Gasteiger partial charge is 0.465 e. The number of carbonyl (C=O) groups is 1. The Morgan fingerprint density at radius 1 is 1.26 bits per heavy atom. The molecule has 0 saturated carbocycles. The molecule has 0 saturated heterocycles. The van der Waals surface area contributed by atoms with Crippen molar-refractivity contribution in [2.24, 2.45) is 12.1 Å². The zero-order chi connectivity index (χ0) is 19.9. The van der Waals surface area contributed by atoms with E-state index in [1.54, 1.807) is 18.5 Å². The zero-order valence-electron chi connectivity index (χ0n) is 16.2. The van der Waals surface area contributed by atoms with Gasteiger partial charge in [-0.05, 0) is 27.2 Å². The van der Waals surface area contributed by atoms with Gasteiger partial charge in [0.15, 0.2) is 11.2 Å². The number of aryl methyl sites for hydroxylation is 1. The number of aromatic nitrogens is 4. The van der Waals surface area contributed by atoms with Crippen LogP contribution < -0.4 is 16.3 Å². The maximum absolute atomic E-state index is 13.0. The van der Waals surface area contributed by atoms with Crippen molar-refractivity contribution < 1.29 is 9.53 Å². The fourth-order valence-corrected chi connectivity index (χ4v) is 3.24. The highest BCUT2D eigenvalue weighted by atomic mass is 16.5. The van der Waals surface area contributed by atoms with Gasteiger partial charge in [0.1, 0.15) is 6.54 Å². The van der Waals surface area contributed by atoms with E-state index in [4.69, 9.17) is 4.74 Å². The maximum Gasteiger partial charge on any atom is 0.332 e. The Morgan fingerprint density at radius 2 is 1.96 bits per heavy atom. The van der Waals surface area contributed by atoms with E-state index in [1.165, 1.54) is 14.1 Å². The first-order valence-electron chi connectivity index (χ1n) is 9.01. The van der Waals surface area contributed by atoms with Crippen LogP contribution in [0, 0.1) is 0 Å². The van der Waals surface area contributed by atoms with Gasteiger partial charge in [-0.25, -0.2) is 9.80 Å². The predicted octanol–water partition coefficient (Wildman–Crippen LogP) is 0.627. The van der Waals surface area contributed by atoms with Crippen LogP contribution >= 0.6 is 0 Å². The van der Waals surface area contributed by atoms with Crippen molar-refractivity contribution in [2.45, 2.75) is 46.7 Å². The third-order valence-corrected chi connectivity index (χ3v) is 4.69. The van der Waals surface area contributed by atoms with E-state index in [1.807, 2.05) is 20.8 Å². The van der Waals surface area contributed by atoms with Crippen LogP contribution in [0.5, 0.6) is 0 Å². The highest BCUT2D eigenvalue weighted by molar-refractivity contribution is 5.92. The molecule has 2 aromatic rings. The van der Waals surface area contributed by atoms with Gasteiger partial charge >= 0.3 is 11.7 Å². The van der Waals surface area contributed by atoms with E-state index in [0.29, 0.717) is 24.4 Å². The van der Waals surface area contributed by atoms with Gasteiger partial charge in [-0.2, -0.15) is 10.1 Å². The summed E-state index contributed by atoms with van der Waals surface area (Å²) in [6, 6.07) is -0.233. The monoisotopic (exact) mass is 376 g/mol. The van der Waals surface area contributed by atoms with Gasteiger partial charge in [0.2, 0.25) is 5.95 Å². The van der Waals surface area contributed by atoms with Gasteiger partial charge in [0.25, 0.3) is 5.56 Å². The predicted molar refractivity (Wildman–Crippen MR) is 101 cm³/mol. The van der Waals surface area contributed by atoms with Crippen LogP contribution in [0.3, 0.4) is 0 Å². The minimum absolute atomic E-state index is 0.127. The molecule has 1 aliphatic heterocycles. The smallest absolute Gasteiger partial charge is 0.332 e. The molecule has 2 aromatic heterocycles. The summed E-state index contributed by atoms with van der Waals surface area (Å²) in [6.45, 7) is 7.82. The molecule has 0 unspecified atom stereocenters. The lowest BCUT2D eigenvalue weighted by Gasteiger charge is -2.28. The number of imidazole rings is 1. The summed E-state index contributed by atoms with van der Waals surface area (Å²) in [5.74, 6) is -0.100. The Morgan fingerprint density at radius 3 is 2.59 bits per heavy atom. The van der Waals surface area contributed by atoms with Crippen molar-refractivity contribution in [1.29, 1.82) is 0 Å². The molecule has 1 atom stereocenters. The number of anilines is 1. The number of nitrogens with zero attached hydrogens (tertiary/aromatic N) is 6. The molecule has 27 heavy (non-hydrogen) atoms. The summed E-state index contributed by atoms with van der Waals surface area (Å²) in [7, 11) is 1.59. The molecule has 146 valence electrons. The SMILES string of the molecule is CCCn1c(=O)c2c(nc3n2[C@@H](C)C(C)=NN3CC(=O)OCC)n(C)c1=O. The second-order valence-electron chi connectivity index (χ2n) is 6.53. The van der Waals surface area contributed by atoms with Gasteiger partial charge < -0.3 is 4.74 Å². The molecule has 10 nitrogen and oxygen atoms in total. The van der Waals surface area contributed by atoms with Gasteiger partial charge in [0, 0.05) is 13.6 Å². The van der Waals surface area contributed by atoms with Crippen LogP contribution in [0.4, 0.5) is 5.95 Å². The van der Waals surface area contributed by atoms with Crippen molar-refractivity contribution in [3.05, 3.63) is 20.8 Å². The summed E-state index contributed by atoms with van der Waals surface area (Å²) < 4.78 is 9.33. The fourth-order valence-electron chi connectivity index (χ4n) is 3.24. The molecular formula is C17H24N6O4. The first-order chi connectivity index (χ1) is 12.8. The van der Waals surface area contributed by atoms with Crippen LogP contribution in [0.2, 0.25) is 0 Å². The van der Waals surface area contributed by atoms with E-state index in [9.17, 15) is 14.4 Å². The summed E-state index contributed by atoms with van der Waals surface area (Å²) in [5.41, 5.74) is 0.536. The Balaban J connectivity index is 2.28. The lowest BCUT2D eigenvalue weighted by atomic mass is 10.2. The van der Waals surface area contributed by atoms with Crippen molar-refractivity contribution in [2.75, 3.05) is 18.2 Å². The van der Waals surface area contributed by atoms with Crippen LogP contribution in [0.25, 0.3) is 11.2 Å². The maximum atomic E-state index is 13.0. The number of fused-ring (bicyclic) bond motifs is 3. The molecule has 0 bridgehead atoms. The summed E-state index contributed by atoms with van der Waals surface area (Å²) in [5, 5.41) is 5.85. The van der Waals surface area contributed by atoms with E-state index in [2.05, 4.69) is 10.1 Å². The lowest BCUT2D eigenvalue weighted by molar-refractivity contribution is -0.141. The Bertz CT molecular complexity index is 1040. The van der Waals surface area contributed by atoms with Gasteiger partial charge in [0.05, 0.1) is 18.4 Å². The minimum atomic E-state index is -0.445. The molecule has 0 radical (unpaired) electrons. The average molecular weight is 376 g/mol. The third-order valence-electron chi connectivity index (χ3n) is 4.69. The standard InChI is InChI=1S/C17H24N6O4/c1-6-8-21-15(25)13-14(20(5)17(21)26)18-16-22(9-12(24)27-7-2)19-10(3)11(4)23(13)16/h11H,6-9H2,1-5H3/t11-/m0/s1. The Kier molecular flexibility index (Phi) is 4.90. The van der Waals surface area contributed by atoms with Gasteiger partial charge in [-0.3, -0.25) is 23.3 Å². The molecule has 0 fully saturated rings. The molecule has 10 heteroatoms. The highest BCUT2D eigenvalue weighted by Gasteiger charge is 2.31. The second kappa shape index (κ2) is 7.01. The number of hydrazone groups is 1. The summed E-state index contributed by atoms with van der Waals surface area (Å²) >= 11 is 0. The van der Waals surface area contributed by atoms with Crippen molar-refractivity contribution in [1.82, 2.24) is 18.7 Å². The normalized spacial score (nSPS) is 16.4. The number of carbonyl (C=O) groups excluding carboxylic acids is 1. The molecule has 1 aliphatic rings. The van der Waals surface area contributed by atoms with Crippen LogP contribution in [0.15, 0.2) is 14.7 Å². The molecule has 0 spiro atoms. The number of hydrogen-bond donors (Lipinski definition) is 0. The van der Waals surface area contributed by atoms with Crippen LogP contribution in [-0.2, 0) is 23.1 Å².